The van der Waals surface area contributed by atoms with Crippen LogP contribution < -0.4 is 11.1 Å². The van der Waals surface area contributed by atoms with Crippen molar-refractivity contribution in [2.45, 2.75) is 19.3 Å². The van der Waals surface area contributed by atoms with Crippen LogP contribution in [0.25, 0.3) is 0 Å². The van der Waals surface area contributed by atoms with Crippen LogP contribution in [0, 0.1) is 5.92 Å². The molecule has 0 bridgehead atoms. The van der Waals surface area contributed by atoms with E-state index < -0.39 is 0 Å². The molecule has 1 aromatic heterocycles. The zero-order valence-corrected chi connectivity index (χ0v) is 9.55. The van der Waals surface area contributed by atoms with Gasteiger partial charge in [0.15, 0.2) is 0 Å². The summed E-state index contributed by atoms with van der Waals surface area (Å²) in [5, 5.41) is 3.29. The molecule has 1 aromatic rings. The first-order valence-electron chi connectivity index (χ1n) is 4.90. The number of anilines is 2. The van der Waals surface area contributed by atoms with Crippen LogP contribution in [0.5, 0.6) is 0 Å². The number of nitrogen functional groups attached to an aromatic ring is 1. The fraction of sp³-hybridized carbons (Fsp3) is 0.500. The summed E-state index contributed by atoms with van der Waals surface area (Å²) in [7, 11) is 0. The molecule has 1 heterocycles. The first-order valence-corrected chi connectivity index (χ1v) is 5.70. The Morgan fingerprint density at radius 3 is 2.93 bits per heavy atom. The van der Waals surface area contributed by atoms with Crippen LogP contribution in [0.3, 0.4) is 0 Å². The van der Waals surface area contributed by atoms with Gasteiger partial charge in [0.2, 0.25) is 0 Å². The van der Waals surface area contributed by atoms with Crippen molar-refractivity contribution in [2.24, 2.45) is 5.92 Å². The number of nitrogens with one attached hydrogen (secondary N) is 1. The third-order valence-electron chi connectivity index (χ3n) is 2.67. The summed E-state index contributed by atoms with van der Waals surface area (Å²) < 4.78 is 0.921. The summed E-state index contributed by atoms with van der Waals surface area (Å²) in [5.41, 5.74) is 6.52. The Hall–Kier alpha value is -0.770. The second kappa shape index (κ2) is 4.17. The van der Waals surface area contributed by atoms with Crippen molar-refractivity contribution in [3.63, 3.8) is 0 Å². The normalized spacial score (nSPS) is 16.4. The molecule has 4 heteroatoms. The Labute approximate surface area is 92.2 Å². The van der Waals surface area contributed by atoms with Crippen molar-refractivity contribution in [3.05, 3.63) is 16.7 Å². The van der Waals surface area contributed by atoms with Crippen LogP contribution in [-0.4, -0.2) is 11.5 Å². The van der Waals surface area contributed by atoms with E-state index in [0.29, 0.717) is 5.69 Å². The quantitative estimate of drug-likeness (QED) is 0.874. The van der Waals surface area contributed by atoms with Crippen LogP contribution in [0.15, 0.2) is 16.7 Å². The third kappa shape index (κ3) is 2.18. The molecule has 3 nitrogen and oxygen atoms in total. The number of nitrogens with zero attached hydrogens (tertiary/aromatic N) is 1. The lowest BCUT2D eigenvalue weighted by Gasteiger charge is -2.25. The van der Waals surface area contributed by atoms with Gasteiger partial charge in [0.1, 0.15) is 5.82 Å². The number of nitrogens with two attached hydrogens (primary N) is 1. The Balaban J connectivity index is 1.94. The van der Waals surface area contributed by atoms with E-state index in [9.17, 15) is 0 Å². The molecule has 0 atom stereocenters. The largest absolute Gasteiger partial charge is 0.396 e. The van der Waals surface area contributed by atoms with Gasteiger partial charge in [-0.25, -0.2) is 4.98 Å². The summed E-state index contributed by atoms with van der Waals surface area (Å²) in [6.45, 7) is 0.999. The first-order chi connectivity index (χ1) is 6.75. The van der Waals surface area contributed by atoms with Gasteiger partial charge >= 0.3 is 0 Å². The molecule has 1 saturated carbocycles. The minimum absolute atomic E-state index is 0.707. The predicted octanol–water partition coefficient (Wildman–Crippen LogP) is 2.64. The number of halogens is 1. The maximum atomic E-state index is 5.81. The van der Waals surface area contributed by atoms with Crippen molar-refractivity contribution < 1.29 is 0 Å². The summed E-state index contributed by atoms with van der Waals surface area (Å²) in [4.78, 5) is 4.23. The third-order valence-corrected chi connectivity index (χ3v) is 3.10. The van der Waals surface area contributed by atoms with Gasteiger partial charge in [-0.1, -0.05) is 6.42 Å². The first kappa shape index (κ1) is 9.77. The number of aromatic nitrogens is 1. The molecule has 14 heavy (non-hydrogen) atoms. The topological polar surface area (TPSA) is 50.9 Å². The molecular formula is C10H14BrN3. The molecule has 1 fully saturated rings. The van der Waals surface area contributed by atoms with Crippen molar-refractivity contribution in [1.82, 2.24) is 4.98 Å². The fourth-order valence-electron chi connectivity index (χ4n) is 1.54. The number of pyridine rings is 1. The van der Waals surface area contributed by atoms with Crippen LogP contribution in [-0.2, 0) is 0 Å². The lowest BCUT2D eigenvalue weighted by Crippen LogP contribution is -2.21. The monoisotopic (exact) mass is 255 g/mol. The molecule has 3 N–H and O–H groups in total. The van der Waals surface area contributed by atoms with Gasteiger partial charge in [-0.05, 0) is 40.8 Å². The highest BCUT2D eigenvalue weighted by atomic mass is 79.9. The van der Waals surface area contributed by atoms with Crippen LogP contribution in [0.2, 0.25) is 0 Å². The second-order valence-electron chi connectivity index (χ2n) is 3.77. The highest BCUT2D eigenvalue weighted by molar-refractivity contribution is 9.10. The van der Waals surface area contributed by atoms with E-state index in [4.69, 9.17) is 5.73 Å². The molecule has 0 spiro atoms. The predicted molar refractivity (Wildman–Crippen MR) is 62.2 cm³/mol. The molecule has 0 amide bonds. The molecular weight excluding hydrogens is 242 g/mol. The summed E-state index contributed by atoms with van der Waals surface area (Å²) >= 11 is 3.33. The molecule has 0 saturated heterocycles. The summed E-state index contributed by atoms with van der Waals surface area (Å²) in [5.74, 6) is 1.62. The van der Waals surface area contributed by atoms with E-state index in [1.807, 2.05) is 6.07 Å². The van der Waals surface area contributed by atoms with E-state index >= 15 is 0 Å². The molecule has 0 unspecified atom stereocenters. The molecule has 1 aliphatic rings. The van der Waals surface area contributed by atoms with Crippen molar-refractivity contribution in [1.29, 1.82) is 0 Å². The van der Waals surface area contributed by atoms with Gasteiger partial charge in [0, 0.05) is 17.2 Å². The second-order valence-corrected chi connectivity index (χ2v) is 4.68. The molecule has 0 radical (unpaired) electrons. The Morgan fingerprint density at radius 2 is 2.36 bits per heavy atom. The van der Waals surface area contributed by atoms with Gasteiger partial charge in [-0.2, -0.15) is 0 Å². The molecule has 0 aromatic carbocycles. The summed E-state index contributed by atoms with van der Waals surface area (Å²) in [6, 6.07) is 1.87. The Morgan fingerprint density at radius 1 is 1.57 bits per heavy atom. The van der Waals surface area contributed by atoms with Gasteiger partial charge in [0.25, 0.3) is 0 Å². The minimum atomic E-state index is 0.707. The molecule has 76 valence electrons. The van der Waals surface area contributed by atoms with Crippen molar-refractivity contribution >= 4 is 27.4 Å². The zero-order chi connectivity index (χ0) is 9.97. The number of hydrogen-bond donors (Lipinski definition) is 2. The van der Waals surface area contributed by atoms with Crippen LogP contribution >= 0.6 is 15.9 Å². The average molecular weight is 256 g/mol. The number of hydrogen-bond acceptors (Lipinski definition) is 3. The lowest BCUT2D eigenvalue weighted by atomic mass is 9.85. The Bertz CT molecular complexity index is 323. The molecule has 0 aliphatic heterocycles. The zero-order valence-electron chi connectivity index (χ0n) is 7.96. The van der Waals surface area contributed by atoms with Crippen molar-refractivity contribution in [2.75, 3.05) is 17.6 Å². The highest BCUT2D eigenvalue weighted by Crippen LogP contribution is 2.27. The van der Waals surface area contributed by atoms with E-state index in [1.54, 1.807) is 6.20 Å². The van der Waals surface area contributed by atoms with E-state index in [-0.39, 0.29) is 0 Å². The maximum absolute atomic E-state index is 5.81. The smallest absolute Gasteiger partial charge is 0.149 e. The van der Waals surface area contributed by atoms with Gasteiger partial charge in [-0.3, -0.25) is 0 Å². The standard InChI is InChI=1S/C10H14BrN3/c11-8-4-9(12)10(14-6-8)13-5-7-2-1-3-7/h4,6-7H,1-3,5,12H2,(H,13,14). The van der Waals surface area contributed by atoms with Gasteiger partial charge in [-0.15, -0.1) is 0 Å². The van der Waals surface area contributed by atoms with E-state index in [1.165, 1.54) is 19.3 Å². The molecule has 1 aliphatic carbocycles. The van der Waals surface area contributed by atoms with E-state index in [2.05, 4.69) is 26.2 Å². The highest BCUT2D eigenvalue weighted by Gasteiger charge is 2.17. The van der Waals surface area contributed by atoms with Crippen LogP contribution in [0.4, 0.5) is 11.5 Å². The summed E-state index contributed by atoms with van der Waals surface area (Å²) in [6.07, 6.45) is 5.81. The van der Waals surface area contributed by atoms with Crippen LogP contribution in [0.1, 0.15) is 19.3 Å². The SMILES string of the molecule is Nc1cc(Br)cnc1NCC1CCC1. The average Bonchev–Trinajstić information content (AvgIpc) is 2.05. The minimum Gasteiger partial charge on any atom is -0.396 e. The lowest BCUT2D eigenvalue weighted by molar-refractivity contribution is 0.333. The van der Waals surface area contributed by atoms with Gasteiger partial charge < -0.3 is 11.1 Å². The fourth-order valence-corrected chi connectivity index (χ4v) is 1.89. The Kier molecular flexibility index (Phi) is 2.91. The molecule has 2 rings (SSSR count). The van der Waals surface area contributed by atoms with Gasteiger partial charge in [0.05, 0.1) is 5.69 Å². The van der Waals surface area contributed by atoms with Crippen molar-refractivity contribution in [3.8, 4) is 0 Å². The number of rotatable bonds is 3. The van der Waals surface area contributed by atoms with E-state index in [0.717, 1.165) is 22.8 Å². The maximum Gasteiger partial charge on any atom is 0.149 e.